The predicted molar refractivity (Wildman–Crippen MR) is 75.3 cm³/mol. The Bertz CT molecular complexity index is 566. The highest BCUT2D eigenvalue weighted by Gasteiger charge is 2.07. The summed E-state index contributed by atoms with van der Waals surface area (Å²) in [6.45, 7) is 4.27. The van der Waals surface area contributed by atoms with Gasteiger partial charge >= 0.3 is 5.97 Å². The zero-order chi connectivity index (χ0) is 14.5. The molecule has 1 N–H and O–H groups in total. The molecule has 0 atom stereocenters. The molecule has 0 aliphatic carbocycles. The maximum absolute atomic E-state index is 10.5. The Balaban J connectivity index is 1.97. The van der Waals surface area contributed by atoms with Crippen LogP contribution >= 0.6 is 0 Å². The second-order valence-electron chi connectivity index (χ2n) is 4.94. The van der Waals surface area contributed by atoms with Gasteiger partial charge in [-0.2, -0.15) is 0 Å². The molecule has 20 heavy (non-hydrogen) atoms. The summed E-state index contributed by atoms with van der Waals surface area (Å²) in [6.07, 6.45) is 0.418. The van der Waals surface area contributed by atoms with Crippen LogP contribution in [-0.2, 0) is 11.2 Å². The van der Waals surface area contributed by atoms with E-state index in [2.05, 4.69) is 13.8 Å². The topological polar surface area (TPSA) is 59.7 Å². The lowest BCUT2D eigenvalue weighted by molar-refractivity contribution is -0.137. The van der Waals surface area contributed by atoms with E-state index in [0.29, 0.717) is 29.8 Å². The number of carboxylic acid groups (broad SMARTS) is 1. The third-order valence-electron chi connectivity index (χ3n) is 2.99. The first-order valence-corrected chi connectivity index (χ1v) is 6.63. The van der Waals surface area contributed by atoms with E-state index < -0.39 is 5.97 Å². The number of hydrogen-bond acceptors (Lipinski definition) is 3. The minimum Gasteiger partial charge on any atom is -0.481 e. The summed E-state index contributed by atoms with van der Waals surface area (Å²) >= 11 is 0. The van der Waals surface area contributed by atoms with Crippen molar-refractivity contribution in [1.82, 2.24) is 0 Å². The first kappa shape index (κ1) is 14.2. The van der Waals surface area contributed by atoms with Gasteiger partial charge in [-0.25, -0.2) is 0 Å². The molecule has 4 nitrogen and oxygen atoms in total. The van der Waals surface area contributed by atoms with Gasteiger partial charge in [0.05, 0.1) is 6.42 Å². The minimum absolute atomic E-state index is 0.0516. The standard InChI is InChI=1S/C16H18O4/c1-11(2)12-3-5-13(6-4-12)19-16-10-8-14(20-16)7-9-15(17)18/h3-6,8,10-11H,7,9H2,1-2H3,(H,17,18). The van der Waals surface area contributed by atoms with Gasteiger partial charge in [-0.3, -0.25) is 4.79 Å². The number of carbonyl (C=O) groups is 1. The van der Waals surface area contributed by atoms with Gasteiger partial charge in [0.15, 0.2) is 0 Å². The Kier molecular flexibility index (Phi) is 4.45. The second-order valence-corrected chi connectivity index (χ2v) is 4.94. The summed E-state index contributed by atoms with van der Waals surface area (Å²) in [7, 11) is 0. The van der Waals surface area contributed by atoms with Gasteiger partial charge in [0, 0.05) is 12.5 Å². The number of rotatable bonds is 6. The molecule has 0 unspecified atom stereocenters. The van der Waals surface area contributed by atoms with E-state index >= 15 is 0 Å². The molecule has 1 aromatic carbocycles. The van der Waals surface area contributed by atoms with Crippen molar-refractivity contribution < 1.29 is 19.1 Å². The predicted octanol–water partition coefficient (Wildman–Crippen LogP) is 4.21. The van der Waals surface area contributed by atoms with Gasteiger partial charge in [0.2, 0.25) is 0 Å². The molecule has 1 aromatic heterocycles. The molecule has 0 saturated heterocycles. The average molecular weight is 274 g/mol. The number of hydrogen-bond donors (Lipinski definition) is 1. The fourth-order valence-corrected chi connectivity index (χ4v) is 1.81. The summed E-state index contributed by atoms with van der Waals surface area (Å²) in [6, 6.07) is 11.3. The van der Waals surface area contributed by atoms with Crippen LogP contribution in [-0.4, -0.2) is 11.1 Å². The Labute approximate surface area is 118 Å². The molecular weight excluding hydrogens is 256 g/mol. The van der Waals surface area contributed by atoms with Crippen LogP contribution in [0, 0.1) is 0 Å². The van der Waals surface area contributed by atoms with E-state index in [1.807, 2.05) is 24.3 Å². The van der Waals surface area contributed by atoms with Gasteiger partial charge in [-0.1, -0.05) is 26.0 Å². The number of ether oxygens (including phenoxy) is 1. The number of aliphatic carboxylic acids is 1. The van der Waals surface area contributed by atoms with Crippen molar-refractivity contribution in [3.63, 3.8) is 0 Å². The molecule has 2 rings (SSSR count). The molecule has 0 fully saturated rings. The van der Waals surface area contributed by atoms with Gasteiger partial charge in [0.25, 0.3) is 5.95 Å². The van der Waals surface area contributed by atoms with Crippen molar-refractivity contribution in [2.75, 3.05) is 0 Å². The van der Waals surface area contributed by atoms with E-state index in [4.69, 9.17) is 14.3 Å². The monoisotopic (exact) mass is 274 g/mol. The van der Waals surface area contributed by atoms with Crippen LogP contribution < -0.4 is 4.74 Å². The molecule has 0 bridgehead atoms. The maximum atomic E-state index is 10.5. The molecule has 0 aliphatic rings. The van der Waals surface area contributed by atoms with Crippen LogP contribution in [0.25, 0.3) is 0 Å². The largest absolute Gasteiger partial charge is 0.481 e. The van der Waals surface area contributed by atoms with Crippen molar-refractivity contribution in [2.24, 2.45) is 0 Å². The molecule has 0 radical (unpaired) electrons. The Hall–Kier alpha value is -2.23. The van der Waals surface area contributed by atoms with Gasteiger partial charge in [-0.15, -0.1) is 0 Å². The zero-order valence-electron chi connectivity index (χ0n) is 11.6. The molecule has 0 amide bonds. The quantitative estimate of drug-likeness (QED) is 0.857. The van der Waals surface area contributed by atoms with E-state index in [1.54, 1.807) is 12.1 Å². The van der Waals surface area contributed by atoms with Crippen LogP contribution in [0.2, 0.25) is 0 Å². The minimum atomic E-state index is -0.840. The zero-order valence-corrected chi connectivity index (χ0v) is 11.6. The fraction of sp³-hybridized carbons (Fsp3) is 0.312. The molecule has 1 heterocycles. The third kappa shape index (κ3) is 3.88. The fourth-order valence-electron chi connectivity index (χ4n) is 1.81. The number of aryl methyl sites for hydroxylation is 1. The lowest BCUT2D eigenvalue weighted by Gasteiger charge is -2.06. The first-order chi connectivity index (χ1) is 9.54. The van der Waals surface area contributed by atoms with Gasteiger partial charge in [0.1, 0.15) is 11.5 Å². The number of carboxylic acids is 1. The molecular formula is C16H18O4. The smallest absolute Gasteiger partial charge is 0.303 e. The van der Waals surface area contributed by atoms with E-state index in [9.17, 15) is 4.79 Å². The first-order valence-electron chi connectivity index (χ1n) is 6.63. The van der Waals surface area contributed by atoms with Crippen LogP contribution in [0.15, 0.2) is 40.8 Å². The van der Waals surface area contributed by atoms with Crippen molar-refractivity contribution in [3.05, 3.63) is 47.7 Å². The van der Waals surface area contributed by atoms with Crippen LogP contribution in [0.5, 0.6) is 11.7 Å². The van der Waals surface area contributed by atoms with Crippen LogP contribution in [0.4, 0.5) is 0 Å². The molecule has 106 valence electrons. The van der Waals surface area contributed by atoms with Crippen LogP contribution in [0.3, 0.4) is 0 Å². The van der Waals surface area contributed by atoms with E-state index in [1.165, 1.54) is 5.56 Å². The third-order valence-corrected chi connectivity index (χ3v) is 2.99. The summed E-state index contributed by atoms with van der Waals surface area (Å²) in [4.78, 5) is 10.5. The molecule has 0 spiro atoms. The van der Waals surface area contributed by atoms with Gasteiger partial charge in [-0.05, 0) is 29.7 Å². The Morgan fingerprint density at radius 2 is 1.90 bits per heavy atom. The highest BCUT2D eigenvalue weighted by molar-refractivity contribution is 5.66. The Morgan fingerprint density at radius 3 is 2.50 bits per heavy atom. The highest BCUT2D eigenvalue weighted by Crippen LogP contribution is 2.26. The Morgan fingerprint density at radius 1 is 1.20 bits per heavy atom. The average Bonchev–Trinajstić information content (AvgIpc) is 2.84. The molecule has 0 saturated carbocycles. The number of benzene rings is 1. The highest BCUT2D eigenvalue weighted by atomic mass is 16.6. The molecule has 2 aromatic rings. The molecule has 0 aliphatic heterocycles. The summed E-state index contributed by atoms with van der Waals surface area (Å²) in [5.74, 6) is 1.33. The van der Waals surface area contributed by atoms with Crippen molar-refractivity contribution in [3.8, 4) is 11.7 Å². The maximum Gasteiger partial charge on any atom is 0.303 e. The number of furan rings is 1. The normalized spacial score (nSPS) is 10.8. The lowest BCUT2D eigenvalue weighted by atomic mass is 10.0. The lowest BCUT2D eigenvalue weighted by Crippen LogP contribution is -1.96. The van der Waals surface area contributed by atoms with Crippen molar-refractivity contribution >= 4 is 5.97 Å². The second kappa shape index (κ2) is 6.28. The van der Waals surface area contributed by atoms with Crippen molar-refractivity contribution in [2.45, 2.75) is 32.6 Å². The SMILES string of the molecule is CC(C)c1ccc(Oc2ccc(CCC(=O)O)o2)cc1. The molecule has 4 heteroatoms. The van der Waals surface area contributed by atoms with E-state index in [0.717, 1.165) is 0 Å². The summed E-state index contributed by atoms with van der Waals surface area (Å²) in [5, 5.41) is 8.61. The van der Waals surface area contributed by atoms with Crippen molar-refractivity contribution in [1.29, 1.82) is 0 Å². The summed E-state index contributed by atoms with van der Waals surface area (Å²) < 4.78 is 11.0. The van der Waals surface area contributed by atoms with Gasteiger partial charge < -0.3 is 14.3 Å². The summed E-state index contributed by atoms with van der Waals surface area (Å²) in [5.41, 5.74) is 1.25. The van der Waals surface area contributed by atoms with Crippen LogP contribution in [0.1, 0.15) is 37.5 Å². The van der Waals surface area contributed by atoms with E-state index in [-0.39, 0.29) is 6.42 Å².